The van der Waals surface area contributed by atoms with Gasteiger partial charge in [0.05, 0.1) is 27.2 Å². The summed E-state index contributed by atoms with van der Waals surface area (Å²) in [7, 11) is 4.66. The SMILES string of the molecule is COc1ccnc(NNC(=O)C2CC(=O)N(CCc3ccc(OC)c(OC)c3)C2)n1. The summed E-state index contributed by atoms with van der Waals surface area (Å²) in [6.07, 6.45) is 2.32. The summed E-state index contributed by atoms with van der Waals surface area (Å²) in [5.41, 5.74) is 6.22. The van der Waals surface area contributed by atoms with Crippen LogP contribution in [-0.4, -0.2) is 61.1 Å². The van der Waals surface area contributed by atoms with E-state index in [1.165, 1.54) is 13.3 Å². The highest BCUT2D eigenvalue weighted by atomic mass is 16.5. The highest BCUT2D eigenvalue weighted by Crippen LogP contribution is 2.28. The number of hydrogen-bond donors (Lipinski definition) is 2. The smallest absolute Gasteiger partial charge is 0.245 e. The van der Waals surface area contributed by atoms with E-state index in [1.807, 2.05) is 18.2 Å². The standard InChI is InChI=1S/C20H25N5O5/c1-28-15-5-4-13(10-16(15)29-2)7-9-25-12-14(11-18(25)26)19(27)23-24-20-21-8-6-17(22-20)30-3/h4-6,8,10,14H,7,9,11-12H2,1-3H3,(H,23,27)(H,21,22,24). The number of amides is 2. The molecule has 30 heavy (non-hydrogen) atoms. The zero-order valence-corrected chi connectivity index (χ0v) is 17.2. The lowest BCUT2D eigenvalue weighted by molar-refractivity contribution is -0.128. The second kappa shape index (κ2) is 9.77. The predicted octanol–water partition coefficient (Wildman–Crippen LogP) is 1.04. The van der Waals surface area contributed by atoms with Gasteiger partial charge in [0.25, 0.3) is 0 Å². The summed E-state index contributed by atoms with van der Waals surface area (Å²) in [4.78, 5) is 34.5. The molecule has 10 heteroatoms. The summed E-state index contributed by atoms with van der Waals surface area (Å²) in [5, 5.41) is 0. The molecule has 1 aromatic heterocycles. The van der Waals surface area contributed by atoms with Gasteiger partial charge in [-0.3, -0.25) is 20.4 Å². The number of nitrogens with one attached hydrogen (secondary N) is 2. The molecule has 3 rings (SSSR count). The molecule has 0 aliphatic carbocycles. The number of likely N-dealkylation sites (tertiary alicyclic amines) is 1. The maximum atomic E-state index is 12.4. The van der Waals surface area contributed by atoms with E-state index in [1.54, 1.807) is 25.2 Å². The molecular weight excluding hydrogens is 390 g/mol. The molecule has 2 aromatic rings. The summed E-state index contributed by atoms with van der Waals surface area (Å²) < 4.78 is 15.6. The molecule has 2 N–H and O–H groups in total. The first-order valence-corrected chi connectivity index (χ1v) is 9.45. The van der Waals surface area contributed by atoms with Crippen LogP contribution in [0.4, 0.5) is 5.95 Å². The Bertz CT molecular complexity index is 907. The van der Waals surface area contributed by atoms with Gasteiger partial charge in [0.1, 0.15) is 0 Å². The Morgan fingerprint density at radius 2 is 1.97 bits per heavy atom. The van der Waals surface area contributed by atoms with Gasteiger partial charge in [-0.1, -0.05) is 6.07 Å². The summed E-state index contributed by atoms with van der Waals surface area (Å²) >= 11 is 0. The van der Waals surface area contributed by atoms with E-state index in [0.717, 1.165) is 5.56 Å². The molecule has 0 radical (unpaired) electrons. The van der Waals surface area contributed by atoms with E-state index in [9.17, 15) is 9.59 Å². The van der Waals surface area contributed by atoms with Crippen LogP contribution in [0.1, 0.15) is 12.0 Å². The van der Waals surface area contributed by atoms with Crippen LogP contribution in [0.2, 0.25) is 0 Å². The van der Waals surface area contributed by atoms with Crippen molar-refractivity contribution in [2.24, 2.45) is 5.92 Å². The normalized spacial score (nSPS) is 15.6. The first-order chi connectivity index (χ1) is 14.5. The number of carbonyl (C=O) groups excluding carboxylic acids is 2. The Labute approximate surface area is 174 Å². The third-order valence-corrected chi connectivity index (χ3v) is 4.84. The van der Waals surface area contributed by atoms with Crippen LogP contribution in [0.3, 0.4) is 0 Å². The van der Waals surface area contributed by atoms with E-state index < -0.39 is 5.92 Å². The second-order valence-electron chi connectivity index (χ2n) is 6.72. The molecule has 2 heterocycles. The second-order valence-corrected chi connectivity index (χ2v) is 6.72. The third kappa shape index (κ3) is 5.07. The Morgan fingerprint density at radius 1 is 1.17 bits per heavy atom. The number of rotatable bonds is 9. The van der Waals surface area contributed by atoms with Gasteiger partial charge >= 0.3 is 0 Å². The molecule has 1 saturated heterocycles. The predicted molar refractivity (Wildman–Crippen MR) is 108 cm³/mol. The minimum absolute atomic E-state index is 0.0479. The summed E-state index contributed by atoms with van der Waals surface area (Å²) in [6.45, 7) is 0.878. The molecule has 1 aliphatic rings. The largest absolute Gasteiger partial charge is 0.493 e. The van der Waals surface area contributed by atoms with Gasteiger partial charge in [0, 0.05) is 31.8 Å². The molecule has 160 valence electrons. The van der Waals surface area contributed by atoms with Gasteiger partial charge in [-0.25, -0.2) is 4.98 Å². The average Bonchev–Trinajstić information content (AvgIpc) is 3.16. The Hall–Kier alpha value is -3.56. The molecule has 1 atom stereocenters. The fourth-order valence-electron chi connectivity index (χ4n) is 3.20. The minimum Gasteiger partial charge on any atom is -0.493 e. The molecule has 1 aromatic carbocycles. The monoisotopic (exact) mass is 415 g/mol. The lowest BCUT2D eigenvalue weighted by Crippen LogP contribution is -2.37. The summed E-state index contributed by atoms with van der Waals surface area (Å²) in [5.74, 6) is 1.10. The van der Waals surface area contributed by atoms with Crippen molar-refractivity contribution in [2.75, 3.05) is 39.8 Å². The van der Waals surface area contributed by atoms with Gasteiger partial charge in [0.2, 0.25) is 23.6 Å². The van der Waals surface area contributed by atoms with Crippen molar-refractivity contribution in [3.63, 3.8) is 0 Å². The van der Waals surface area contributed by atoms with Crippen molar-refractivity contribution >= 4 is 17.8 Å². The maximum Gasteiger partial charge on any atom is 0.245 e. The van der Waals surface area contributed by atoms with E-state index in [4.69, 9.17) is 14.2 Å². The highest BCUT2D eigenvalue weighted by molar-refractivity contribution is 5.89. The number of nitrogens with zero attached hydrogens (tertiary/aromatic N) is 3. The Kier molecular flexibility index (Phi) is 6.89. The first-order valence-electron chi connectivity index (χ1n) is 9.45. The third-order valence-electron chi connectivity index (χ3n) is 4.84. The van der Waals surface area contributed by atoms with Gasteiger partial charge in [-0.15, -0.1) is 0 Å². The number of benzene rings is 1. The number of hydrazine groups is 1. The quantitative estimate of drug-likeness (QED) is 0.584. The number of aromatic nitrogens is 2. The zero-order valence-electron chi connectivity index (χ0n) is 17.2. The summed E-state index contributed by atoms with van der Waals surface area (Å²) in [6, 6.07) is 7.26. The number of anilines is 1. The lowest BCUT2D eigenvalue weighted by atomic mass is 10.1. The molecule has 0 bridgehead atoms. The van der Waals surface area contributed by atoms with Crippen molar-refractivity contribution in [1.82, 2.24) is 20.3 Å². The lowest BCUT2D eigenvalue weighted by Gasteiger charge is -2.17. The van der Waals surface area contributed by atoms with Crippen molar-refractivity contribution in [2.45, 2.75) is 12.8 Å². The van der Waals surface area contributed by atoms with Gasteiger partial charge in [-0.05, 0) is 24.1 Å². The number of ether oxygens (including phenoxy) is 3. The van der Waals surface area contributed by atoms with Crippen molar-refractivity contribution in [3.8, 4) is 17.4 Å². The van der Waals surface area contributed by atoms with Crippen LogP contribution < -0.4 is 25.1 Å². The highest BCUT2D eigenvalue weighted by Gasteiger charge is 2.34. The molecular formula is C20H25N5O5. The van der Waals surface area contributed by atoms with Crippen molar-refractivity contribution in [1.29, 1.82) is 0 Å². The van der Waals surface area contributed by atoms with Crippen molar-refractivity contribution < 1.29 is 23.8 Å². The molecule has 1 unspecified atom stereocenters. The van der Waals surface area contributed by atoms with Gasteiger partial charge in [-0.2, -0.15) is 4.98 Å². The van der Waals surface area contributed by atoms with Crippen LogP contribution in [0.25, 0.3) is 0 Å². The number of carbonyl (C=O) groups is 2. The first kappa shape index (κ1) is 21.2. The van der Waals surface area contributed by atoms with E-state index in [2.05, 4.69) is 20.8 Å². The van der Waals surface area contributed by atoms with Crippen LogP contribution >= 0.6 is 0 Å². The Balaban J connectivity index is 1.51. The van der Waals surface area contributed by atoms with Gasteiger partial charge in [0.15, 0.2) is 11.5 Å². The maximum absolute atomic E-state index is 12.4. The number of hydrogen-bond acceptors (Lipinski definition) is 8. The van der Waals surface area contributed by atoms with E-state index >= 15 is 0 Å². The minimum atomic E-state index is -0.444. The molecule has 0 saturated carbocycles. The molecule has 10 nitrogen and oxygen atoms in total. The topological polar surface area (TPSA) is 115 Å². The van der Waals surface area contributed by atoms with Crippen LogP contribution in [0, 0.1) is 5.92 Å². The zero-order chi connectivity index (χ0) is 21.5. The molecule has 0 spiro atoms. The van der Waals surface area contributed by atoms with E-state index in [0.29, 0.717) is 36.9 Å². The average molecular weight is 415 g/mol. The molecule has 2 amide bonds. The van der Waals surface area contributed by atoms with E-state index in [-0.39, 0.29) is 24.2 Å². The van der Waals surface area contributed by atoms with Crippen LogP contribution in [-0.2, 0) is 16.0 Å². The van der Waals surface area contributed by atoms with Crippen molar-refractivity contribution in [3.05, 3.63) is 36.0 Å². The fraction of sp³-hybridized carbons (Fsp3) is 0.400. The van der Waals surface area contributed by atoms with Crippen LogP contribution in [0.15, 0.2) is 30.5 Å². The Morgan fingerprint density at radius 3 is 2.70 bits per heavy atom. The van der Waals surface area contributed by atoms with Gasteiger partial charge < -0.3 is 19.1 Å². The molecule has 1 fully saturated rings. The van der Waals surface area contributed by atoms with Crippen LogP contribution in [0.5, 0.6) is 17.4 Å². The molecule has 1 aliphatic heterocycles. The fourth-order valence-corrected chi connectivity index (χ4v) is 3.20. The number of methoxy groups -OCH3 is 3.